The third-order valence-corrected chi connectivity index (χ3v) is 5.17. The number of carbonyl (C=O) groups excluding carboxylic acids is 2. The molecular weight excluding hydrogens is 406 g/mol. The van der Waals surface area contributed by atoms with Crippen molar-refractivity contribution in [3.63, 3.8) is 0 Å². The molecule has 1 fully saturated rings. The van der Waals surface area contributed by atoms with E-state index in [0.29, 0.717) is 34.3 Å². The Morgan fingerprint density at radius 1 is 1.10 bits per heavy atom. The van der Waals surface area contributed by atoms with Crippen molar-refractivity contribution in [2.24, 2.45) is 0 Å². The Labute approximate surface area is 178 Å². The lowest BCUT2D eigenvalue weighted by atomic mass is 10.1. The smallest absolute Gasteiger partial charge is 0.323 e. The van der Waals surface area contributed by atoms with Gasteiger partial charge in [-0.25, -0.2) is 9.78 Å². The summed E-state index contributed by atoms with van der Waals surface area (Å²) in [4.78, 5) is 28.7. The van der Waals surface area contributed by atoms with Crippen molar-refractivity contribution < 1.29 is 14.3 Å². The Morgan fingerprint density at radius 2 is 1.87 bits per heavy atom. The average Bonchev–Trinajstić information content (AvgIpc) is 3.13. The molecule has 3 aromatic rings. The van der Waals surface area contributed by atoms with E-state index in [2.05, 4.69) is 20.9 Å². The zero-order valence-corrected chi connectivity index (χ0v) is 17.0. The first kappa shape index (κ1) is 20.2. The summed E-state index contributed by atoms with van der Waals surface area (Å²) >= 11 is 6.05. The van der Waals surface area contributed by atoms with Crippen molar-refractivity contribution in [2.45, 2.75) is 25.4 Å². The Bertz CT molecular complexity index is 1040. The van der Waals surface area contributed by atoms with Gasteiger partial charge in [0.1, 0.15) is 10.8 Å². The van der Waals surface area contributed by atoms with E-state index in [1.54, 1.807) is 53.2 Å². The van der Waals surface area contributed by atoms with Crippen LogP contribution in [0.15, 0.2) is 48.8 Å². The first-order chi connectivity index (χ1) is 14.6. The van der Waals surface area contributed by atoms with Gasteiger partial charge in [0.15, 0.2) is 0 Å². The lowest BCUT2D eigenvalue weighted by Crippen LogP contribution is -2.35. The summed E-state index contributed by atoms with van der Waals surface area (Å²) < 4.78 is 7.29. The lowest BCUT2D eigenvalue weighted by molar-refractivity contribution is 0.0169. The van der Waals surface area contributed by atoms with Gasteiger partial charge in [-0.15, -0.1) is 0 Å². The number of anilines is 2. The molecule has 1 aliphatic heterocycles. The Balaban J connectivity index is 1.30. The monoisotopic (exact) mass is 427 g/mol. The van der Waals surface area contributed by atoms with Crippen LogP contribution in [0, 0.1) is 0 Å². The number of hydrogen-bond acceptors (Lipinski definition) is 4. The molecule has 1 aromatic carbocycles. The van der Waals surface area contributed by atoms with Crippen molar-refractivity contribution in [2.75, 3.05) is 23.8 Å². The zero-order chi connectivity index (χ0) is 20.9. The van der Waals surface area contributed by atoms with Crippen molar-refractivity contribution in [1.29, 1.82) is 0 Å². The summed E-state index contributed by atoms with van der Waals surface area (Å²) in [6.45, 7) is 1.26. The van der Waals surface area contributed by atoms with E-state index in [4.69, 9.17) is 16.3 Å². The molecular formula is C21H22ClN5O3. The van der Waals surface area contributed by atoms with Gasteiger partial charge in [0.2, 0.25) is 0 Å². The fourth-order valence-electron chi connectivity index (χ4n) is 3.30. The highest BCUT2D eigenvalue weighted by Gasteiger charge is 2.15. The predicted molar refractivity (Wildman–Crippen MR) is 115 cm³/mol. The van der Waals surface area contributed by atoms with Crippen molar-refractivity contribution in [3.05, 3.63) is 59.5 Å². The summed E-state index contributed by atoms with van der Waals surface area (Å²) in [5, 5.41) is 8.83. The van der Waals surface area contributed by atoms with Gasteiger partial charge in [-0.05, 0) is 55.7 Å². The van der Waals surface area contributed by atoms with Crippen LogP contribution in [-0.2, 0) is 4.74 Å². The Morgan fingerprint density at radius 3 is 2.63 bits per heavy atom. The minimum Gasteiger partial charge on any atom is -0.376 e. The number of hydrogen-bond donors (Lipinski definition) is 3. The first-order valence-electron chi connectivity index (χ1n) is 9.79. The van der Waals surface area contributed by atoms with Gasteiger partial charge in [-0.3, -0.25) is 9.20 Å². The SMILES string of the molecule is O=C(Nc1ccc(C(=O)NCC2CCCCO2)cc1)Nc1ccc2ncc(Cl)n2c1. The molecule has 1 saturated heterocycles. The summed E-state index contributed by atoms with van der Waals surface area (Å²) in [6, 6.07) is 9.80. The summed E-state index contributed by atoms with van der Waals surface area (Å²) in [7, 11) is 0. The van der Waals surface area contributed by atoms with E-state index >= 15 is 0 Å². The topological polar surface area (TPSA) is 96.8 Å². The third-order valence-electron chi connectivity index (χ3n) is 4.89. The Kier molecular flexibility index (Phi) is 6.15. The first-order valence-corrected chi connectivity index (χ1v) is 10.2. The number of carbonyl (C=O) groups is 2. The minimum atomic E-state index is -0.405. The molecule has 2 aromatic heterocycles. The third kappa shape index (κ3) is 4.90. The number of fused-ring (bicyclic) bond motifs is 1. The molecule has 0 saturated carbocycles. The lowest BCUT2D eigenvalue weighted by Gasteiger charge is -2.22. The van der Waals surface area contributed by atoms with E-state index in [9.17, 15) is 9.59 Å². The Hall–Kier alpha value is -3.10. The molecule has 1 atom stereocenters. The number of rotatable bonds is 5. The van der Waals surface area contributed by atoms with E-state index in [0.717, 1.165) is 25.9 Å². The molecule has 0 radical (unpaired) electrons. The predicted octanol–water partition coefficient (Wildman–Crippen LogP) is 3.93. The number of imidazole rings is 1. The van der Waals surface area contributed by atoms with Crippen molar-refractivity contribution in [3.8, 4) is 0 Å². The number of urea groups is 1. The van der Waals surface area contributed by atoms with Crippen LogP contribution in [0.2, 0.25) is 5.15 Å². The largest absolute Gasteiger partial charge is 0.376 e. The quantitative estimate of drug-likeness (QED) is 0.574. The summed E-state index contributed by atoms with van der Waals surface area (Å²) in [6.07, 6.45) is 6.50. The second-order valence-electron chi connectivity index (χ2n) is 7.08. The highest BCUT2D eigenvalue weighted by Crippen LogP contribution is 2.17. The molecule has 9 heteroatoms. The number of nitrogens with zero attached hydrogens (tertiary/aromatic N) is 2. The molecule has 3 N–H and O–H groups in total. The fourth-order valence-corrected chi connectivity index (χ4v) is 3.48. The molecule has 1 unspecified atom stereocenters. The normalized spacial score (nSPS) is 16.2. The van der Waals surface area contributed by atoms with Crippen LogP contribution < -0.4 is 16.0 Å². The van der Waals surface area contributed by atoms with Crippen LogP contribution in [0.5, 0.6) is 0 Å². The number of amides is 3. The average molecular weight is 428 g/mol. The zero-order valence-electron chi connectivity index (χ0n) is 16.2. The molecule has 0 bridgehead atoms. The van der Waals surface area contributed by atoms with Crippen LogP contribution in [-0.4, -0.2) is 40.6 Å². The highest BCUT2D eigenvalue weighted by atomic mass is 35.5. The minimum absolute atomic E-state index is 0.0868. The van der Waals surface area contributed by atoms with Gasteiger partial charge in [0.25, 0.3) is 5.91 Å². The number of nitrogens with one attached hydrogen (secondary N) is 3. The van der Waals surface area contributed by atoms with E-state index in [1.807, 2.05) is 0 Å². The van der Waals surface area contributed by atoms with Crippen LogP contribution in [0.4, 0.5) is 16.2 Å². The number of halogens is 1. The van der Waals surface area contributed by atoms with E-state index < -0.39 is 6.03 Å². The number of aromatic nitrogens is 2. The van der Waals surface area contributed by atoms with Crippen LogP contribution in [0.1, 0.15) is 29.6 Å². The van der Waals surface area contributed by atoms with Gasteiger partial charge in [-0.2, -0.15) is 0 Å². The summed E-state index contributed by atoms with van der Waals surface area (Å²) in [5.41, 5.74) is 2.36. The fraction of sp³-hybridized carbons (Fsp3) is 0.286. The molecule has 4 rings (SSSR count). The highest BCUT2D eigenvalue weighted by molar-refractivity contribution is 6.29. The molecule has 3 amide bonds. The van der Waals surface area contributed by atoms with Crippen molar-refractivity contribution >= 4 is 40.6 Å². The van der Waals surface area contributed by atoms with E-state index in [1.165, 1.54) is 0 Å². The van der Waals surface area contributed by atoms with Gasteiger partial charge in [0, 0.05) is 30.6 Å². The molecule has 3 heterocycles. The maximum atomic E-state index is 12.3. The van der Waals surface area contributed by atoms with Crippen LogP contribution >= 0.6 is 11.6 Å². The van der Waals surface area contributed by atoms with Crippen molar-refractivity contribution in [1.82, 2.24) is 14.7 Å². The van der Waals surface area contributed by atoms with Crippen LogP contribution in [0.3, 0.4) is 0 Å². The maximum absolute atomic E-state index is 12.3. The molecule has 0 spiro atoms. The molecule has 0 aliphatic carbocycles. The molecule has 8 nitrogen and oxygen atoms in total. The second kappa shape index (κ2) is 9.15. The summed E-state index contributed by atoms with van der Waals surface area (Å²) in [5.74, 6) is -0.161. The molecule has 1 aliphatic rings. The maximum Gasteiger partial charge on any atom is 0.323 e. The molecule has 30 heavy (non-hydrogen) atoms. The number of benzene rings is 1. The molecule has 156 valence electrons. The van der Waals surface area contributed by atoms with E-state index in [-0.39, 0.29) is 12.0 Å². The van der Waals surface area contributed by atoms with Gasteiger partial charge in [0.05, 0.1) is 18.0 Å². The van der Waals surface area contributed by atoms with Gasteiger partial charge < -0.3 is 20.7 Å². The van der Waals surface area contributed by atoms with Gasteiger partial charge >= 0.3 is 6.03 Å². The number of ether oxygens (including phenoxy) is 1. The van der Waals surface area contributed by atoms with Gasteiger partial charge in [-0.1, -0.05) is 11.6 Å². The standard InChI is InChI=1S/C21H22ClN5O3/c22-18-12-23-19-9-8-16(13-27(18)19)26-21(29)25-15-6-4-14(5-7-15)20(28)24-11-17-3-1-2-10-30-17/h4-9,12-13,17H,1-3,10-11H2,(H,24,28)(H2,25,26,29). The van der Waals surface area contributed by atoms with Crippen LogP contribution in [0.25, 0.3) is 5.65 Å². The second-order valence-corrected chi connectivity index (χ2v) is 7.47. The number of pyridine rings is 1.